The molecule has 0 fully saturated rings. The predicted molar refractivity (Wildman–Crippen MR) is 121 cm³/mol. The number of carbonyl (C=O) groups is 1. The van der Waals surface area contributed by atoms with Crippen molar-refractivity contribution in [1.29, 1.82) is 0 Å². The number of halogens is 1. The van der Waals surface area contributed by atoms with Gasteiger partial charge in [-0.25, -0.2) is 15.0 Å². The van der Waals surface area contributed by atoms with E-state index in [-0.39, 0.29) is 5.91 Å². The quantitative estimate of drug-likeness (QED) is 0.396. The molecular formula is C21H17IN6O. The minimum absolute atomic E-state index is 0.132. The van der Waals surface area contributed by atoms with Gasteiger partial charge in [0.05, 0.1) is 5.56 Å². The van der Waals surface area contributed by atoms with Gasteiger partial charge >= 0.3 is 0 Å². The number of imidazole rings is 1. The predicted octanol–water partition coefficient (Wildman–Crippen LogP) is 4.57. The van der Waals surface area contributed by atoms with Gasteiger partial charge in [-0.3, -0.25) is 9.36 Å². The second kappa shape index (κ2) is 8.39. The molecule has 2 aromatic heterocycles. The van der Waals surface area contributed by atoms with Crippen LogP contribution in [-0.2, 0) is 0 Å². The molecule has 0 spiro atoms. The van der Waals surface area contributed by atoms with E-state index in [9.17, 15) is 4.79 Å². The molecule has 29 heavy (non-hydrogen) atoms. The molecule has 8 heteroatoms. The highest BCUT2D eigenvalue weighted by atomic mass is 127. The number of nitrogens with zero attached hydrogens (tertiary/aromatic N) is 4. The van der Waals surface area contributed by atoms with E-state index in [0.29, 0.717) is 17.2 Å². The minimum Gasteiger partial charge on any atom is -0.340 e. The van der Waals surface area contributed by atoms with Crippen molar-refractivity contribution in [3.63, 3.8) is 0 Å². The van der Waals surface area contributed by atoms with E-state index >= 15 is 0 Å². The summed E-state index contributed by atoms with van der Waals surface area (Å²) < 4.78 is 2.73. The van der Waals surface area contributed by atoms with Crippen molar-refractivity contribution in [2.75, 3.05) is 10.6 Å². The van der Waals surface area contributed by atoms with Gasteiger partial charge < -0.3 is 10.6 Å². The van der Waals surface area contributed by atoms with Gasteiger partial charge in [0.2, 0.25) is 0 Å². The summed E-state index contributed by atoms with van der Waals surface area (Å²) in [5.74, 6) is 1.93. The first-order valence-electron chi connectivity index (χ1n) is 8.85. The summed E-state index contributed by atoms with van der Waals surface area (Å²) >= 11 is 2.16. The average Bonchev–Trinajstić information content (AvgIpc) is 3.24. The van der Waals surface area contributed by atoms with Crippen molar-refractivity contribution in [3.05, 3.63) is 88.3 Å². The van der Waals surface area contributed by atoms with E-state index in [1.807, 2.05) is 72.3 Å². The Balaban J connectivity index is 1.48. The van der Waals surface area contributed by atoms with E-state index in [4.69, 9.17) is 0 Å². The molecule has 0 saturated heterocycles. The molecule has 0 bridgehead atoms. The van der Waals surface area contributed by atoms with Crippen molar-refractivity contribution in [2.24, 2.45) is 0 Å². The lowest BCUT2D eigenvalue weighted by Crippen LogP contribution is -2.13. The summed E-state index contributed by atoms with van der Waals surface area (Å²) in [6.07, 6.45) is 5.22. The third kappa shape index (κ3) is 4.60. The van der Waals surface area contributed by atoms with Crippen molar-refractivity contribution < 1.29 is 4.79 Å². The summed E-state index contributed by atoms with van der Waals surface area (Å²) in [4.78, 5) is 25.3. The maximum atomic E-state index is 12.4. The molecule has 4 aromatic rings. The second-order valence-corrected chi connectivity index (χ2v) is 7.43. The number of rotatable bonds is 5. The van der Waals surface area contributed by atoms with Crippen LogP contribution in [-0.4, -0.2) is 25.4 Å². The average molecular weight is 496 g/mol. The topological polar surface area (TPSA) is 84.7 Å². The number of nitrogens with one attached hydrogen (secondary N) is 2. The monoisotopic (exact) mass is 496 g/mol. The maximum absolute atomic E-state index is 12.4. The highest BCUT2D eigenvalue weighted by Gasteiger charge is 2.09. The highest BCUT2D eigenvalue weighted by Crippen LogP contribution is 2.20. The van der Waals surface area contributed by atoms with Gasteiger partial charge in [0.15, 0.2) is 0 Å². The fourth-order valence-corrected chi connectivity index (χ4v) is 3.40. The molecule has 7 nitrogen and oxygen atoms in total. The van der Waals surface area contributed by atoms with Gasteiger partial charge in [-0.2, -0.15) is 0 Å². The van der Waals surface area contributed by atoms with Gasteiger partial charge in [-0.05, 0) is 65.9 Å². The van der Waals surface area contributed by atoms with Gasteiger partial charge in [0.1, 0.15) is 23.8 Å². The third-order valence-electron chi connectivity index (χ3n) is 4.13. The summed E-state index contributed by atoms with van der Waals surface area (Å²) in [5.41, 5.74) is 2.23. The molecule has 0 atom stereocenters. The number of aromatic nitrogens is 4. The Morgan fingerprint density at radius 3 is 2.52 bits per heavy atom. The largest absolute Gasteiger partial charge is 0.340 e. The number of anilines is 3. The molecule has 144 valence electrons. The zero-order valence-corrected chi connectivity index (χ0v) is 17.7. The lowest BCUT2D eigenvalue weighted by Gasteiger charge is -2.10. The molecular weight excluding hydrogens is 479 g/mol. The highest BCUT2D eigenvalue weighted by molar-refractivity contribution is 14.1. The molecule has 0 saturated carbocycles. The summed E-state index contributed by atoms with van der Waals surface area (Å²) in [5, 5.41) is 6.19. The molecule has 2 aromatic carbocycles. The number of hydrogen-bond acceptors (Lipinski definition) is 5. The number of aryl methyl sites for hydroxylation is 1. The second-order valence-electron chi connectivity index (χ2n) is 6.26. The van der Waals surface area contributed by atoms with Crippen molar-refractivity contribution in [3.8, 4) is 5.82 Å². The van der Waals surface area contributed by atoms with Crippen LogP contribution in [0.15, 0.2) is 73.3 Å². The van der Waals surface area contributed by atoms with E-state index in [1.165, 1.54) is 0 Å². The fourth-order valence-electron chi connectivity index (χ4n) is 2.77. The molecule has 0 aliphatic carbocycles. The van der Waals surface area contributed by atoms with E-state index < -0.39 is 0 Å². The standard InChI is InChI=1S/C21H17IN6O/c1-14-24-19(12-20(25-14)28-11-10-23-13-28)26-15-6-8-16(9-7-15)27-21(29)17-4-2-3-5-18(17)22/h2-13H,1H3,(H,27,29)(H,24,25,26). The lowest BCUT2D eigenvalue weighted by atomic mass is 10.2. The van der Waals surface area contributed by atoms with E-state index in [0.717, 1.165) is 20.8 Å². The van der Waals surface area contributed by atoms with Crippen LogP contribution in [0, 0.1) is 10.5 Å². The lowest BCUT2D eigenvalue weighted by molar-refractivity contribution is 0.102. The van der Waals surface area contributed by atoms with Crippen LogP contribution in [0.1, 0.15) is 16.2 Å². The Morgan fingerprint density at radius 2 is 1.79 bits per heavy atom. The van der Waals surface area contributed by atoms with Crippen LogP contribution in [0.25, 0.3) is 5.82 Å². The van der Waals surface area contributed by atoms with Crippen LogP contribution in [0.2, 0.25) is 0 Å². The minimum atomic E-state index is -0.132. The zero-order chi connectivity index (χ0) is 20.2. The molecule has 2 heterocycles. The van der Waals surface area contributed by atoms with Crippen LogP contribution in [0.4, 0.5) is 17.2 Å². The van der Waals surface area contributed by atoms with Gasteiger partial charge in [0, 0.05) is 33.4 Å². The van der Waals surface area contributed by atoms with Gasteiger partial charge in [0.25, 0.3) is 5.91 Å². The maximum Gasteiger partial charge on any atom is 0.256 e. The smallest absolute Gasteiger partial charge is 0.256 e. The SMILES string of the molecule is Cc1nc(Nc2ccc(NC(=O)c3ccccc3I)cc2)cc(-n2ccnc2)n1. The van der Waals surface area contributed by atoms with Gasteiger partial charge in [-0.1, -0.05) is 12.1 Å². The van der Waals surface area contributed by atoms with Crippen molar-refractivity contribution in [1.82, 2.24) is 19.5 Å². The number of hydrogen-bond donors (Lipinski definition) is 2. The molecule has 4 rings (SSSR count). The zero-order valence-electron chi connectivity index (χ0n) is 15.5. The first-order valence-corrected chi connectivity index (χ1v) is 9.93. The van der Waals surface area contributed by atoms with Crippen molar-refractivity contribution >= 4 is 45.7 Å². The molecule has 1 amide bonds. The Labute approximate surface area is 181 Å². The summed E-state index contributed by atoms with van der Waals surface area (Å²) in [7, 11) is 0. The Hall–Kier alpha value is -3.27. The molecule has 0 unspecified atom stereocenters. The Morgan fingerprint density at radius 1 is 1.03 bits per heavy atom. The number of amides is 1. The molecule has 0 aliphatic heterocycles. The van der Waals surface area contributed by atoms with Crippen LogP contribution in [0.5, 0.6) is 0 Å². The van der Waals surface area contributed by atoms with Crippen LogP contribution < -0.4 is 10.6 Å². The van der Waals surface area contributed by atoms with E-state index in [1.54, 1.807) is 12.5 Å². The Kier molecular flexibility index (Phi) is 5.52. The first kappa shape index (κ1) is 19.1. The van der Waals surface area contributed by atoms with Crippen molar-refractivity contribution in [2.45, 2.75) is 6.92 Å². The number of benzene rings is 2. The Bertz CT molecular complexity index is 1140. The van der Waals surface area contributed by atoms with Crippen LogP contribution in [0.3, 0.4) is 0 Å². The van der Waals surface area contributed by atoms with Gasteiger partial charge in [-0.15, -0.1) is 0 Å². The molecule has 2 N–H and O–H groups in total. The van der Waals surface area contributed by atoms with Crippen LogP contribution >= 0.6 is 22.6 Å². The summed E-state index contributed by atoms with van der Waals surface area (Å²) in [6.45, 7) is 1.84. The molecule has 0 radical (unpaired) electrons. The fraction of sp³-hybridized carbons (Fsp3) is 0.0476. The first-order chi connectivity index (χ1) is 14.1. The molecule has 0 aliphatic rings. The number of carbonyl (C=O) groups excluding carboxylic acids is 1. The normalized spacial score (nSPS) is 10.6. The van der Waals surface area contributed by atoms with E-state index in [2.05, 4.69) is 48.2 Å². The summed E-state index contributed by atoms with van der Waals surface area (Å²) in [6, 6.07) is 16.8. The third-order valence-corrected chi connectivity index (χ3v) is 5.07.